The number of methoxy groups -OCH3 is 1. The van der Waals surface area contributed by atoms with Crippen molar-refractivity contribution in [1.82, 2.24) is 4.90 Å². The normalized spacial score (nSPS) is 30.3. The van der Waals surface area contributed by atoms with E-state index in [9.17, 15) is 4.79 Å². The highest BCUT2D eigenvalue weighted by Crippen LogP contribution is 2.27. The van der Waals surface area contributed by atoms with Crippen molar-refractivity contribution < 1.29 is 14.3 Å². The molecule has 1 aliphatic heterocycles. The molecular formula is C9H17NO3S. The third-order valence-corrected chi connectivity index (χ3v) is 3.77. The number of carbonyl (C=O) groups is 1. The molecule has 0 spiro atoms. The first kappa shape index (κ1) is 11.8. The molecule has 5 heteroatoms. The lowest BCUT2D eigenvalue weighted by atomic mass is 10.3. The largest absolute Gasteiger partial charge is 0.435 e. The molecule has 0 aliphatic carbocycles. The highest BCUT2D eigenvalue weighted by atomic mass is 32.2. The summed E-state index contributed by atoms with van der Waals surface area (Å²) in [6.45, 7) is 3.79. The van der Waals surface area contributed by atoms with Gasteiger partial charge in [-0.25, -0.2) is 0 Å². The Morgan fingerprint density at radius 1 is 1.64 bits per heavy atom. The van der Waals surface area contributed by atoms with E-state index in [4.69, 9.17) is 9.47 Å². The summed E-state index contributed by atoms with van der Waals surface area (Å²) < 4.78 is 9.96. The van der Waals surface area contributed by atoms with Crippen LogP contribution in [0.5, 0.6) is 0 Å². The summed E-state index contributed by atoms with van der Waals surface area (Å²) in [5.74, 6) is 0.603. The van der Waals surface area contributed by atoms with Crippen LogP contribution in [-0.2, 0) is 14.3 Å². The van der Waals surface area contributed by atoms with Crippen LogP contribution in [0.15, 0.2) is 0 Å². The Kier molecular flexibility index (Phi) is 4.22. The Morgan fingerprint density at radius 2 is 2.29 bits per heavy atom. The van der Waals surface area contributed by atoms with Crippen LogP contribution in [0.25, 0.3) is 0 Å². The van der Waals surface area contributed by atoms with Crippen molar-refractivity contribution in [3.8, 4) is 0 Å². The standard InChI is InChI=1S/C9H17NO3S/c1-6-10(3)8(5-14-6)9(11)13-7(2)12-4/h6-8H,5H2,1-4H3. The minimum atomic E-state index is -0.461. The monoisotopic (exact) mass is 219 g/mol. The molecule has 1 rings (SSSR count). The van der Waals surface area contributed by atoms with Crippen LogP contribution < -0.4 is 0 Å². The van der Waals surface area contributed by atoms with E-state index in [-0.39, 0.29) is 12.0 Å². The molecule has 3 atom stereocenters. The highest BCUT2D eigenvalue weighted by molar-refractivity contribution is 8.00. The van der Waals surface area contributed by atoms with E-state index in [1.54, 1.807) is 18.7 Å². The van der Waals surface area contributed by atoms with Gasteiger partial charge in [-0.1, -0.05) is 0 Å². The second-order valence-corrected chi connectivity index (χ2v) is 4.70. The average Bonchev–Trinajstić information content (AvgIpc) is 2.47. The smallest absolute Gasteiger partial charge is 0.326 e. The van der Waals surface area contributed by atoms with Crippen LogP contribution in [-0.4, -0.2) is 48.5 Å². The summed E-state index contributed by atoms with van der Waals surface area (Å²) >= 11 is 1.76. The lowest BCUT2D eigenvalue weighted by molar-refractivity contribution is -0.174. The van der Waals surface area contributed by atoms with Gasteiger partial charge in [-0.3, -0.25) is 9.69 Å². The fourth-order valence-corrected chi connectivity index (χ4v) is 2.46. The molecule has 0 N–H and O–H groups in total. The highest BCUT2D eigenvalue weighted by Gasteiger charge is 2.35. The fourth-order valence-electron chi connectivity index (χ4n) is 1.24. The van der Waals surface area contributed by atoms with Gasteiger partial charge in [0, 0.05) is 12.9 Å². The molecular weight excluding hydrogens is 202 g/mol. The van der Waals surface area contributed by atoms with Gasteiger partial charge in [-0.05, 0) is 20.9 Å². The van der Waals surface area contributed by atoms with Crippen LogP contribution in [0.1, 0.15) is 13.8 Å². The summed E-state index contributed by atoms with van der Waals surface area (Å²) in [5.41, 5.74) is 0. The summed E-state index contributed by atoms with van der Waals surface area (Å²) in [5, 5.41) is 0.380. The van der Waals surface area contributed by atoms with Gasteiger partial charge in [0.1, 0.15) is 6.04 Å². The van der Waals surface area contributed by atoms with Crippen LogP contribution in [0.2, 0.25) is 0 Å². The van der Waals surface area contributed by atoms with Gasteiger partial charge in [0.2, 0.25) is 0 Å². The van der Waals surface area contributed by atoms with Crippen molar-refractivity contribution >= 4 is 17.7 Å². The molecule has 0 bridgehead atoms. The molecule has 0 saturated carbocycles. The summed E-state index contributed by atoms with van der Waals surface area (Å²) in [6.07, 6.45) is -0.461. The summed E-state index contributed by atoms with van der Waals surface area (Å²) in [4.78, 5) is 13.6. The number of ether oxygens (including phenoxy) is 2. The Hall–Kier alpha value is -0.260. The molecule has 4 nitrogen and oxygen atoms in total. The predicted molar refractivity (Wildman–Crippen MR) is 56.0 cm³/mol. The Labute approximate surface area is 88.9 Å². The molecule has 0 aromatic carbocycles. The first-order valence-corrected chi connectivity index (χ1v) is 5.68. The van der Waals surface area contributed by atoms with E-state index in [2.05, 4.69) is 6.92 Å². The molecule has 14 heavy (non-hydrogen) atoms. The zero-order valence-corrected chi connectivity index (χ0v) is 9.84. The second kappa shape index (κ2) is 5.00. The SMILES string of the molecule is COC(C)OC(=O)C1CSC(C)N1C. The maximum absolute atomic E-state index is 11.6. The first-order chi connectivity index (χ1) is 6.56. The van der Waals surface area contributed by atoms with Crippen LogP contribution in [0, 0.1) is 0 Å². The Balaban J connectivity index is 2.45. The lowest BCUT2D eigenvalue weighted by Gasteiger charge is -2.22. The summed E-state index contributed by atoms with van der Waals surface area (Å²) in [6, 6.07) is -0.132. The number of rotatable bonds is 3. The average molecular weight is 219 g/mol. The molecule has 1 fully saturated rings. The van der Waals surface area contributed by atoms with Gasteiger partial charge in [-0.2, -0.15) is 0 Å². The molecule has 1 heterocycles. The van der Waals surface area contributed by atoms with Crippen molar-refractivity contribution in [2.24, 2.45) is 0 Å². The number of likely N-dealkylation sites (N-methyl/N-ethyl adjacent to an activating group) is 1. The van der Waals surface area contributed by atoms with E-state index in [0.717, 1.165) is 5.75 Å². The van der Waals surface area contributed by atoms with E-state index in [1.165, 1.54) is 7.11 Å². The van der Waals surface area contributed by atoms with Gasteiger partial charge in [0.15, 0.2) is 6.29 Å². The minimum Gasteiger partial charge on any atom is -0.435 e. The molecule has 0 radical (unpaired) electrons. The molecule has 3 unspecified atom stereocenters. The number of hydrogen-bond acceptors (Lipinski definition) is 5. The molecule has 0 aromatic rings. The predicted octanol–water partition coefficient (Wildman–Crippen LogP) is 0.915. The van der Waals surface area contributed by atoms with E-state index in [0.29, 0.717) is 5.37 Å². The van der Waals surface area contributed by atoms with Crippen molar-refractivity contribution in [2.75, 3.05) is 19.9 Å². The maximum atomic E-state index is 11.6. The number of nitrogens with zero attached hydrogens (tertiary/aromatic N) is 1. The number of esters is 1. The Morgan fingerprint density at radius 3 is 2.71 bits per heavy atom. The van der Waals surface area contributed by atoms with E-state index < -0.39 is 6.29 Å². The van der Waals surface area contributed by atoms with E-state index >= 15 is 0 Å². The zero-order chi connectivity index (χ0) is 10.7. The number of hydrogen-bond donors (Lipinski definition) is 0. The molecule has 0 aromatic heterocycles. The van der Waals surface area contributed by atoms with Crippen LogP contribution in [0.3, 0.4) is 0 Å². The molecule has 1 saturated heterocycles. The second-order valence-electron chi connectivity index (χ2n) is 3.35. The number of carbonyl (C=O) groups excluding carboxylic acids is 1. The maximum Gasteiger partial charge on any atom is 0.326 e. The van der Waals surface area contributed by atoms with Crippen molar-refractivity contribution in [1.29, 1.82) is 0 Å². The van der Waals surface area contributed by atoms with Crippen molar-refractivity contribution in [2.45, 2.75) is 31.6 Å². The van der Waals surface area contributed by atoms with Gasteiger partial charge in [0.25, 0.3) is 0 Å². The van der Waals surface area contributed by atoms with Crippen LogP contribution >= 0.6 is 11.8 Å². The van der Waals surface area contributed by atoms with Crippen molar-refractivity contribution in [3.63, 3.8) is 0 Å². The summed E-state index contributed by atoms with van der Waals surface area (Å²) in [7, 11) is 3.46. The number of thioether (sulfide) groups is 1. The van der Waals surface area contributed by atoms with Gasteiger partial charge < -0.3 is 9.47 Å². The van der Waals surface area contributed by atoms with Crippen LogP contribution in [0.4, 0.5) is 0 Å². The third-order valence-electron chi connectivity index (χ3n) is 2.45. The lowest BCUT2D eigenvalue weighted by Crippen LogP contribution is -2.40. The van der Waals surface area contributed by atoms with E-state index in [1.807, 2.05) is 11.9 Å². The molecule has 0 amide bonds. The third kappa shape index (κ3) is 2.62. The first-order valence-electron chi connectivity index (χ1n) is 4.63. The fraction of sp³-hybridized carbons (Fsp3) is 0.889. The quantitative estimate of drug-likeness (QED) is 0.521. The van der Waals surface area contributed by atoms with Gasteiger partial charge in [0.05, 0.1) is 5.37 Å². The topological polar surface area (TPSA) is 38.8 Å². The van der Waals surface area contributed by atoms with Crippen molar-refractivity contribution in [3.05, 3.63) is 0 Å². The van der Waals surface area contributed by atoms with Gasteiger partial charge >= 0.3 is 5.97 Å². The van der Waals surface area contributed by atoms with Gasteiger partial charge in [-0.15, -0.1) is 11.8 Å². The molecule has 1 aliphatic rings. The minimum absolute atomic E-state index is 0.132. The zero-order valence-electron chi connectivity index (χ0n) is 9.02. The Bertz CT molecular complexity index is 212. The molecule has 82 valence electrons.